The summed E-state index contributed by atoms with van der Waals surface area (Å²) in [5, 5.41) is 9.72. The highest BCUT2D eigenvalue weighted by atomic mass is 19.4. The van der Waals surface area contributed by atoms with Gasteiger partial charge >= 0.3 is 6.18 Å². The summed E-state index contributed by atoms with van der Waals surface area (Å²) in [7, 11) is 1.85. The molecule has 2 aromatic heterocycles. The van der Waals surface area contributed by atoms with Crippen molar-refractivity contribution in [3.63, 3.8) is 0 Å². The maximum Gasteiger partial charge on any atom is 0.453 e. The summed E-state index contributed by atoms with van der Waals surface area (Å²) in [6.07, 6.45) is -1.88. The number of hydrogen-bond acceptors (Lipinski definition) is 7. The van der Waals surface area contributed by atoms with Crippen molar-refractivity contribution >= 4 is 23.4 Å². The first kappa shape index (κ1) is 21.3. The van der Waals surface area contributed by atoms with Gasteiger partial charge < -0.3 is 15.5 Å². The van der Waals surface area contributed by atoms with Crippen LogP contribution in [0.4, 0.5) is 30.6 Å². The molecular weight excluding hydrogens is 413 g/mol. The van der Waals surface area contributed by atoms with Crippen LogP contribution in [0.1, 0.15) is 38.2 Å². The van der Waals surface area contributed by atoms with Gasteiger partial charge in [0.2, 0.25) is 11.9 Å². The van der Waals surface area contributed by atoms with Crippen LogP contribution in [0.3, 0.4) is 0 Å². The van der Waals surface area contributed by atoms with Crippen LogP contribution in [0, 0.1) is 18.8 Å². The Bertz CT molecular complexity index is 983. The average molecular weight is 438 g/mol. The Hall–Kier alpha value is -2.92. The maximum absolute atomic E-state index is 12.6. The number of alkyl halides is 3. The Morgan fingerprint density at radius 2 is 2.00 bits per heavy atom. The number of aromatic nitrogens is 5. The molecule has 168 valence electrons. The first-order valence-electron chi connectivity index (χ1n) is 10.2. The highest BCUT2D eigenvalue weighted by Crippen LogP contribution is 2.36. The molecule has 31 heavy (non-hydrogen) atoms. The van der Waals surface area contributed by atoms with E-state index in [0.717, 1.165) is 19.2 Å². The van der Waals surface area contributed by atoms with Crippen molar-refractivity contribution in [1.29, 1.82) is 0 Å². The first-order chi connectivity index (χ1) is 14.5. The topological polar surface area (TPSA) is 101 Å². The summed E-state index contributed by atoms with van der Waals surface area (Å²) >= 11 is 0. The zero-order valence-corrected chi connectivity index (χ0v) is 17.7. The summed E-state index contributed by atoms with van der Waals surface area (Å²) < 4.78 is 39.1. The Kier molecular flexibility index (Phi) is 5.26. The zero-order chi connectivity index (χ0) is 22.5. The van der Waals surface area contributed by atoms with Gasteiger partial charge in [-0.2, -0.15) is 18.2 Å². The van der Waals surface area contributed by atoms with Crippen molar-refractivity contribution in [2.45, 2.75) is 58.4 Å². The van der Waals surface area contributed by atoms with E-state index in [1.54, 1.807) is 0 Å². The molecule has 0 spiro atoms. The number of carbonyl (C=O) groups is 1. The quantitative estimate of drug-likeness (QED) is 0.740. The smallest absolute Gasteiger partial charge is 0.351 e. The highest BCUT2D eigenvalue weighted by molar-refractivity contribution is 6.03. The lowest BCUT2D eigenvalue weighted by Crippen LogP contribution is -2.50. The minimum absolute atomic E-state index is 0.0685. The third-order valence-corrected chi connectivity index (χ3v) is 5.77. The number of rotatable bonds is 5. The maximum atomic E-state index is 12.6. The van der Waals surface area contributed by atoms with Crippen LogP contribution in [0.2, 0.25) is 0 Å². The molecule has 2 aromatic rings. The molecule has 3 heterocycles. The van der Waals surface area contributed by atoms with Crippen molar-refractivity contribution in [3.8, 4) is 0 Å². The number of anilines is 3. The molecule has 1 fully saturated rings. The van der Waals surface area contributed by atoms with E-state index in [1.165, 1.54) is 4.68 Å². The fourth-order valence-electron chi connectivity index (χ4n) is 4.24. The van der Waals surface area contributed by atoms with Crippen molar-refractivity contribution in [3.05, 3.63) is 17.8 Å². The van der Waals surface area contributed by atoms with Crippen molar-refractivity contribution in [2.75, 3.05) is 22.6 Å². The number of amides is 1. The van der Waals surface area contributed by atoms with E-state index in [-0.39, 0.29) is 29.8 Å². The van der Waals surface area contributed by atoms with Crippen LogP contribution in [0.25, 0.3) is 0 Å². The molecule has 0 radical (unpaired) electrons. The number of aryl methyl sites for hydroxylation is 1. The van der Waals surface area contributed by atoms with Crippen LogP contribution in [-0.4, -0.2) is 49.8 Å². The SMILES string of the molecule is Cc1nc(N[C@H]2C[C@@H](Cn3cnc(C(F)(F)F)n3)C2)nc2c1NC(=O)C(C(C)C)N2C. The van der Waals surface area contributed by atoms with Gasteiger partial charge in [-0.15, -0.1) is 5.10 Å². The standard InChI is InChI=1S/C19H25F3N8O/c1-9(2)14-16(31)26-13-10(3)24-18(27-15(13)29(14)4)25-12-5-11(6-12)7-30-8-23-17(28-30)19(20,21)22/h8-9,11-12,14H,5-7H2,1-4H3,(H,26,31)(H,24,25,27)/t11-,12+,14?. The number of fused-ring (bicyclic) bond motifs is 1. The van der Waals surface area contributed by atoms with Crippen LogP contribution < -0.4 is 15.5 Å². The molecule has 1 aliphatic heterocycles. The van der Waals surface area contributed by atoms with Crippen LogP contribution in [0.15, 0.2) is 6.33 Å². The van der Waals surface area contributed by atoms with Gasteiger partial charge in [-0.25, -0.2) is 9.97 Å². The molecule has 0 aromatic carbocycles. The van der Waals surface area contributed by atoms with E-state index < -0.39 is 12.0 Å². The predicted octanol–water partition coefficient (Wildman–Crippen LogP) is 2.70. The monoisotopic (exact) mass is 438 g/mol. The van der Waals surface area contributed by atoms with E-state index in [0.29, 0.717) is 29.7 Å². The fourth-order valence-corrected chi connectivity index (χ4v) is 4.24. The number of halogens is 3. The number of carbonyl (C=O) groups excluding carboxylic acids is 1. The molecule has 1 aliphatic carbocycles. The van der Waals surface area contributed by atoms with Crippen molar-refractivity contribution in [2.24, 2.45) is 11.8 Å². The molecule has 2 N–H and O–H groups in total. The highest BCUT2D eigenvalue weighted by Gasteiger charge is 2.38. The third kappa shape index (κ3) is 4.15. The summed E-state index contributed by atoms with van der Waals surface area (Å²) in [6.45, 7) is 6.18. The largest absolute Gasteiger partial charge is 0.453 e. The van der Waals surface area contributed by atoms with E-state index in [9.17, 15) is 18.0 Å². The summed E-state index contributed by atoms with van der Waals surface area (Å²) in [6, 6.07) is -0.190. The lowest BCUT2D eigenvalue weighted by molar-refractivity contribution is -0.145. The van der Waals surface area contributed by atoms with Gasteiger partial charge in [0.25, 0.3) is 5.82 Å². The van der Waals surface area contributed by atoms with Gasteiger partial charge in [0.1, 0.15) is 18.1 Å². The van der Waals surface area contributed by atoms with Crippen molar-refractivity contribution in [1.82, 2.24) is 24.7 Å². The lowest BCUT2D eigenvalue weighted by Gasteiger charge is -2.38. The molecule has 9 nitrogen and oxygen atoms in total. The molecule has 4 rings (SSSR count). The molecule has 1 atom stereocenters. The second-order valence-corrected chi connectivity index (χ2v) is 8.59. The Morgan fingerprint density at radius 3 is 2.61 bits per heavy atom. The minimum atomic E-state index is -4.53. The molecule has 0 bridgehead atoms. The lowest BCUT2D eigenvalue weighted by atomic mass is 9.80. The molecule has 1 amide bonds. The van der Waals surface area contributed by atoms with Crippen molar-refractivity contribution < 1.29 is 18.0 Å². The fraction of sp³-hybridized carbons (Fsp3) is 0.632. The molecule has 1 unspecified atom stereocenters. The van der Waals surface area contributed by atoms with Gasteiger partial charge in [0.15, 0.2) is 5.82 Å². The number of likely N-dealkylation sites (N-methyl/N-ethyl adjacent to an activating group) is 1. The van der Waals surface area contributed by atoms with E-state index in [4.69, 9.17) is 0 Å². The predicted molar refractivity (Wildman–Crippen MR) is 108 cm³/mol. The van der Waals surface area contributed by atoms with Crippen LogP contribution in [-0.2, 0) is 17.5 Å². The Labute approximate surface area is 177 Å². The molecule has 0 saturated heterocycles. The Balaban J connectivity index is 1.39. The third-order valence-electron chi connectivity index (χ3n) is 5.77. The zero-order valence-electron chi connectivity index (χ0n) is 17.7. The average Bonchev–Trinajstić information content (AvgIpc) is 3.10. The summed E-state index contributed by atoms with van der Waals surface area (Å²) in [4.78, 5) is 26.7. The van der Waals surface area contributed by atoms with E-state index in [2.05, 4.69) is 30.7 Å². The first-order valence-corrected chi connectivity index (χ1v) is 10.2. The second-order valence-electron chi connectivity index (χ2n) is 8.59. The number of hydrogen-bond donors (Lipinski definition) is 2. The number of nitrogens with zero attached hydrogens (tertiary/aromatic N) is 6. The minimum Gasteiger partial charge on any atom is -0.351 e. The van der Waals surface area contributed by atoms with Crippen LogP contribution >= 0.6 is 0 Å². The number of nitrogens with one attached hydrogen (secondary N) is 2. The van der Waals surface area contributed by atoms with E-state index >= 15 is 0 Å². The molecule has 2 aliphatic rings. The van der Waals surface area contributed by atoms with Crippen LogP contribution in [0.5, 0.6) is 0 Å². The molecule has 12 heteroatoms. The van der Waals surface area contributed by atoms with E-state index in [1.807, 2.05) is 32.7 Å². The Morgan fingerprint density at radius 1 is 1.29 bits per heavy atom. The van der Waals surface area contributed by atoms with Gasteiger partial charge in [0, 0.05) is 19.6 Å². The molecule has 1 saturated carbocycles. The second kappa shape index (κ2) is 7.65. The van der Waals surface area contributed by atoms with Gasteiger partial charge in [-0.3, -0.25) is 9.48 Å². The summed E-state index contributed by atoms with van der Waals surface area (Å²) in [5.74, 6) is 0.284. The van der Waals surface area contributed by atoms with Gasteiger partial charge in [0.05, 0.1) is 5.69 Å². The van der Waals surface area contributed by atoms with Gasteiger partial charge in [-0.1, -0.05) is 13.8 Å². The van der Waals surface area contributed by atoms with Gasteiger partial charge in [-0.05, 0) is 31.6 Å². The molecular formula is C19H25F3N8O. The normalized spacial score (nSPS) is 23.4. The summed E-state index contributed by atoms with van der Waals surface area (Å²) in [5.41, 5.74) is 1.29.